The number of nitrogens with zero attached hydrogens (tertiary/aromatic N) is 1. The van der Waals surface area contributed by atoms with Gasteiger partial charge in [0.1, 0.15) is 0 Å². The molecule has 4 heteroatoms. The number of carbonyl (C=O) groups is 1. The second-order valence-electron chi connectivity index (χ2n) is 4.01. The van der Waals surface area contributed by atoms with Crippen LogP contribution in [0.3, 0.4) is 0 Å². The molecule has 0 radical (unpaired) electrons. The fourth-order valence-corrected chi connectivity index (χ4v) is 2.53. The van der Waals surface area contributed by atoms with Crippen LogP contribution >= 0.6 is 11.3 Å². The fraction of sp³-hybridized carbons (Fsp3) is 0.615. The molecule has 0 aliphatic heterocycles. The van der Waals surface area contributed by atoms with Crippen molar-refractivity contribution >= 4 is 17.2 Å². The summed E-state index contributed by atoms with van der Waals surface area (Å²) in [5.74, 6) is 0.237. The predicted octanol–water partition coefficient (Wildman–Crippen LogP) is 2.66. The second kappa shape index (κ2) is 7.45. The van der Waals surface area contributed by atoms with Gasteiger partial charge in [-0.05, 0) is 32.2 Å². The summed E-state index contributed by atoms with van der Waals surface area (Å²) in [5.41, 5.74) is 0. The van der Waals surface area contributed by atoms with Crippen LogP contribution in [0.4, 0.5) is 0 Å². The number of nitrogens with one attached hydrogen (secondary N) is 1. The minimum atomic E-state index is 0.237. The maximum atomic E-state index is 11.8. The minimum absolute atomic E-state index is 0.237. The molecule has 0 fully saturated rings. The summed E-state index contributed by atoms with van der Waals surface area (Å²) >= 11 is 1.75. The van der Waals surface area contributed by atoms with Crippen molar-refractivity contribution in [2.24, 2.45) is 0 Å². The van der Waals surface area contributed by atoms with Crippen molar-refractivity contribution in [3.05, 3.63) is 22.4 Å². The molecule has 0 spiro atoms. The Labute approximate surface area is 108 Å². The maximum absolute atomic E-state index is 11.8. The van der Waals surface area contributed by atoms with Crippen LogP contribution in [0.25, 0.3) is 0 Å². The highest BCUT2D eigenvalue weighted by atomic mass is 32.1. The van der Waals surface area contributed by atoms with Gasteiger partial charge in [-0.25, -0.2) is 0 Å². The summed E-state index contributed by atoms with van der Waals surface area (Å²) < 4.78 is 0. The number of amides is 1. The first-order valence-electron chi connectivity index (χ1n) is 6.23. The van der Waals surface area contributed by atoms with E-state index in [1.165, 1.54) is 4.88 Å². The van der Waals surface area contributed by atoms with E-state index in [9.17, 15) is 4.79 Å². The monoisotopic (exact) mass is 254 g/mol. The first-order valence-corrected chi connectivity index (χ1v) is 7.11. The molecule has 0 aromatic carbocycles. The van der Waals surface area contributed by atoms with E-state index in [0.717, 1.165) is 19.6 Å². The summed E-state index contributed by atoms with van der Waals surface area (Å²) in [6.45, 7) is 8.51. The lowest BCUT2D eigenvalue weighted by Gasteiger charge is -2.19. The first kappa shape index (κ1) is 14.2. The zero-order valence-electron chi connectivity index (χ0n) is 10.9. The molecule has 1 unspecified atom stereocenters. The molecule has 0 saturated heterocycles. The highest BCUT2D eigenvalue weighted by Gasteiger charge is 2.10. The Morgan fingerprint density at radius 2 is 2.18 bits per heavy atom. The van der Waals surface area contributed by atoms with Crippen LogP contribution in [0, 0.1) is 0 Å². The number of hydrogen-bond donors (Lipinski definition) is 1. The van der Waals surface area contributed by atoms with Gasteiger partial charge in [0.2, 0.25) is 5.91 Å². The van der Waals surface area contributed by atoms with Gasteiger partial charge in [0.25, 0.3) is 0 Å². The van der Waals surface area contributed by atoms with E-state index in [1.54, 1.807) is 11.3 Å². The topological polar surface area (TPSA) is 32.3 Å². The fourth-order valence-electron chi connectivity index (χ4n) is 1.77. The molecule has 1 rings (SSSR count). The first-order chi connectivity index (χ1) is 8.19. The van der Waals surface area contributed by atoms with E-state index in [1.807, 2.05) is 18.7 Å². The Morgan fingerprint density at radius 1 is 1.47 bits per heavy atom. The molecule has 0 aliphatic rings. The molecule has 1 N–H and O–H groups in total. The summed E-state index contributed by atoms with van der Waals surface area (Å²) in [4.78, 5) is 15.0. The third-order valence-corrected chi connectivity index (χ3v) is 3.93. The highest BCUT2D eigenvalue weighted by molar-refractivity contribution is 7.10. The van der Waals surface area contributed by atoms with E-state index in [4.69, 9.17) is 0 Å². The van der Waals surface area contributed by atoms with Crippen molar-refractivity contribution in [1.29, 1.82) is 0 Å². The molecule has 0 saturated carbocycles. The Morgan fingerprint density at radius 3 is 2.71 bits per heavy atom. The van der Waals surface area contributed by atoms with Crippen molar-refractivity contribution in [2.75, 3.05) is 19.6 Å². The van der Waals surface area contributed by atoms with E-state index in [0.29, 0.717) is 12.5 Å². The lowest BCUT2D eigenvalue weighted by Crippen LogP contribution is -2.33. The lowest BCUT2D eigenvalue weighted by molar-refractivity contribution is -0.130. The zero-order valence-corrected chi connectivity index (χ0v) is 11.7. The highest BCUT2D eigenvalue weighted by Crippen LogP contribution is 2.17. The molecule has 17 heavy (non-hydrogen) atoms. The molecule has 0 aliphatic carbocycles. The lowest BCUT2D eigenvalue weighted by atomic mass is 10.2. The largest absolute Gasteiger partial charge is 0.343 e. The third kappa shape index (κ3) is 4.48. The van der Waals surface area contributed by atoms with Gasteiger partial charge in [-0.1, -0.05) is 6.07 Å². The zero-order chi connectivity index (χ0) is 12.7. The van der Waals surface area contributed by atoms with Gasteiger partial charge in [-0.2, -0.15) is 0 Å². The Kier molecular flexibility index (Phi) is 6.22. The van der Waals surface area contributed by atoms with Gasteiger partial charge in [0.05, 0.1) is 0 Å². The molecule has 96 valence electrons. The number of thiophene rings is 1. The molecule has 1 atom stereocenters. The number of carbonyl (C=O) groups excluding carboxylic acids is 1. The van der Waals surface area contributed by atoms with Gasteiger partial charge >= 0.3 is 0 Å². The summed E-state index contributed by atoms with van der Waals surface area (Å²) in [5, 5.41) is 5.46. The van der Waals surface area contributed by atoms with Gasteiger partial charge in [-0.15, -0.1) is 11.3 Å². The second-order valence-corrected chi connectivity index (χ2v) is 4.99. The van der Waals surface area contributed by atoms with E-state index in [2.05, 4.69) is 29.8 Å². The van der Waals surface area contributed by atoms with Crippen LogP contribution in [-0.2, 0) is 4.79 Å². The van der Waals surface area contributed by atoms with Crippen LogP contribution in [0.1, 0.15) is 38.1 Å². The van der Waals surface area contributed by atoms with Crippen LogP contribution in [-0.4, -0.2) is 30.4 Å². The molecule has 0 bridgehead atoms. The van der Waals surface area contributed by atoms with Gasteiger partial charge in [0, 0.05) is 37.0 Å². The van der Waals surface area contributed by atoms with E-state index < -0.39 is 0 Å². The minimum Gasteiger partial charge on any atom is -0.343 e. The van der Waals surface area contributed by atoms with E-state index >= 15 is 0 Å². The summed E-state index contributed by atoms with van der Waals surface area (Å²) in [6, 6.07) is 4.51. The van der Waals surface area contributed by atoms with Crippen LogP contribution in [0.2, 0.25) is 0 Å². The van der Waals surface area contributed by atoms with Crippen LogP contribution < -0.4 is 5.32 Å². The number of rotatable bonds is 7. The average Bonchev–Trinajstić information content (AvgIpc) is 2.84. The summed E-state index contributed by atoms with van der Waals surface area (Å²) in [6.07, 6.45) is 0.581. The normalized spacial score (nSPS) is 12.4. The summed E-state index contributed by atoms with van der Waals surface area (Å²) in [7, 11) is 0. The smallest absolute Gasteiger partial charge is 0.223 e. The Hall–Kier alpha value is -0.870. The van der Waals surface area contributed by atoms with Crippen LogP contribution in [0.5, 0.6) is 0 Å². The molecule has 1 aromatic rings. The maximum Gasteiger partial charge on any atom is 0.223 e. The molecular weight excluding hydrogens is 232 g/mol. The van der Waals surface area contributed by atoms with Crippen molar-refractivity contribution < 1.29 is 4.79 Å². The predicted molar refractivity (Wildman–Crippen MR) is 73.3 cm³/mol. The van der Waals surface area contributed by atoms with Crippen molar-refractivity contribution in [3.8, 4) is 0 Å². The molecule has 3 nitrogen and oxygen atoms in total. The van der Waals surface area contributed by atoms with Gasteiger partial charge in [-0.3, -0.25) is 4.79 Å². The van der Waals surface area contributed by atoms with Crippen molar-refractivity contribution in [2.45, 2.75) is 33.2 Å². The number of hydrogen-bond acceptors (Lipinski definition) is 3. The Balaban J connectivity index is 2.26. The third-order valence-electron chi connectivity index (χ3n) is 2.88. The molecular formula is C13H22N2OS. The van der Waals surface area contributed by atoms with Crippen LogP contribution in [0.15, 0.2) is 17.5 Å². The van der Waals surface area contributed by atoms with Crippen molar-refractivity contribution in [3.63, 3.8) is 0 Å². The standard InChI is InChI=1S/C13H22N2OS/c1-4-15(5-2)13(16)8-9-14-11(3)12-7-6-10-17-12/h6-7,10-11,14H,4-5,8-9H2,1-3H3. The van der Waals surface area contributed by atoms with Crippen molar-refractivity contribution in [1.82, 2.24) is 10.2 Å². The van der Waals surface area contributed by atoms with E-state index in [-0.39, 0.29) is 5.91 Å². The Bertz CT molecular complexity index is 320. The average molecular weight is 254 g/mol. The quantitative estimate of drug-likeness (QED) is 0.811. The van der Waals surface area contributed by atoms with Gasteiger partial charge < -0.3 is 10.2 Å². The molecule has 1 heterocycles. The molecule has 1 amide bonds. The molecule has 1 aromatic heterocycles. The van der Waals surface area contributed by atoms with Gasteiger partial charge in [0.15, 0.2) is 0 Å². The SMILES string of the molecule is CCN(CC)C(=O)CCNC(C)c1cccs1.